The molecule has 0 aliphatic carbocycles. The van der Waals surface area contributed by atoms with Crippen LogP contribution in [0, 0.1) is 11.8 Å². The molecule has 1 saturated heterocycles. The van der Waals surface area contributed by atoms with Gasteiger partial charge in [0.05, 0.1) is 19.6 Å². The van der Waals surface area contributed by atoms with Crippen molar-refractivity contribution in [2.75, 3.05) is 20.2 Å². The third-order valence-corrected chi connectivity index (χ3v) is 3.80. The molecule has 19 heavy (non-hydrogen) atoms. The van der Waals surface area contributed by atoms with Crippen LogP contribution >= 0.6 is 0 Å². The second-order valence-corrected chi connectivity index (χ2v) is 5.28. The molecule has 1 fully saturated rings. The molecule has 4 heteroatoms. The molecule has 1 N–H and O–H groups in total. The van der Waals surface area contributed by atoms with Crippen molar-refractivity contribution in [1.82, 2.24) is 4.90 Å². The smallest absolute Gasteiger partial charge is 0.310 e. The summed E-state index contributed by atoms with van der Waals surface area (Å²) in [7, 11) is 1.45. The third-order valence-electron chi connectivity index (χ3n) is 3.80. The molecule has 2 rings (SSSR count). The Morgan fingerprint density at radius 2 is 1.95 bits per heavy atom. The lowest BCUT2D eigenvalue weighted by Crippen LogP contribution is -2.24. The highest BCUT2D eigenvalue weighted by atomic mass is 16.5. The fraction of sp³-hybridized carbons (Fsp3) is 0.533. The van der Waals surface area contributed by atoms with Gasteiger partial charge in [-0.3, -0.25) is 9.69 Å². The van der Waals surface area contributed by atoms with Gasteiger partial charge in [-0.2, -0.15) is 0 Å². The number of hydrogen-bond acceptors (Lipinski definition) is 4. The number of carbonyl (C=O) groups excluding carboxylic acids is 1. The number of esters is 1. The van der Waals surface area contributed by atoms with Gasteiger partial charge in [-0.15, -0.1) is 0 Å². The maximum atomic E-state index is 11.6. The van der Waals surface area contributed by atoms with E-state index in [1.165, 1.54) is 12.7 Å². The minimum atomic E-state index is -0.106. The second-order valence-electron chi connectivity index (χ2n) is 5.28. The molecule has 0 spiro atoms. The molecule has 4 nitrogen and oxygen atoms in total. The summed E-state index contributed by atoms with van der Waals surface area (Å²) in [6.07, 6.45) is 0. The number of carbonyl (C=O) groups is 1. The van der Waals surface area contributed by atoms with E-state index in [1.54, 1.807) is 0 Å². The largest absolute Gasteiger partial charge is 0.469 e. The van der Waals surface area contributed by atoms with Crippen LogP contribution in [0.4, 0.5) is 0 Å². The van der Waals surface area contributed by atoms with Crippen molar-refractivity contribution < 1.29 is 14.6 Å². The van der Waals surface area contributed by atoms with Crippen molar-refractivity contribution in [1.29, 1.82) is 0 Å². The quantitative estimate of drug-likeness (QED) is 0.835. The summed E-state index contributed by atoms with van der Waals surface area (Å²) >= 11 is 0. The van der Waals surface area contributed by atoms with Crippen LogP contribution in [0.25, 0.3) is 0 Å². The van der Waals surface area contributed by atoms with Crippen molar-refractivity contribution in [2.24, 2.45) is 11.8 Å². The van der Waals surface area contributed by atoms with Crippen LogP contribution in [0.15, 0.2) is 24.3 Å². The lowest BCUT2D eigenvalue weighted by Gasteiger charge is -2.15. The van der Waals surface area contributed by atoms with Crippen LogP contribution < -0.4 is 0 Å². The van der Waals surface area contributed by atoms with Gasteiger partial charge in [0.15, 0.2) is 0 Å². The Kier molecular flexibility index (Phi) is 4.56. The maximum Gasteiger partial charge on any atom is 0.310 e. The summed E-state index contributed by atoms with van der Waals surface area (Å²) < 4.78 is 4.84. The molecule has 0 bridgehead atoms. The van der Waals surface area contributed by atoms with Crippen LogP contribution in [-0.4, -0.2) is 36.2 Å². The molecule has 2 unspecified atom stereocenters. The number of nitrogens with zero attached hydrogens (tertiary/aromatic N) is 1. The molecule has 1 heterocycles. The Bertz CT molecular complexity index is 430. The van der Waals surface area contributed by atoms with E-state index in [0.717, 1.165) is 25.2 Å². The minimum Gasteiger partial charge on any atom is -0.469 e. The van der Waals surface area contributed by atoms with Crippen molar-refractivity contribution in [3.8, 4) is 0 Å². The van der Waals surface area contributed by atoms with Gasteiger partial charge in [0, 0.05) is 19.6 Å². The van der Waals surface area contributed by atoms with E-state index in [2.05, 4.69) is 11.8 Å². The maximum absolute atomic E-state index is 11.6. The van der Waals surface area contributed by atoms with Gasteiger partial charge < -0.3 is 9.84 Å². The van der Waals surface area contributed by atoms with Crippen LogP contribution in [0.1, 0.15) is 18.1 Å². The van der Waals surface area contributed by atoms with E-state index in [4.69, 9.17) is 9.84 Å². The third kappa shape index (κ3) is 3.33. The van der Waals surface area contributed by atoms with Gasteiger partial charge in [0.25, 0.3) is 0 Å². The van der Waals surface area contributed by atoms with E-state index in [-0.39, 0.29) is 18.5 Å². The first-order chi connectivity index (χ1) is 9.13. The van der Waals surface area contributed by atoms with Gasteiger partial charge in [-0.1, -0.05) is 31.2 Å². The molecule has 0 radical (unpaired) electrons. The Morgan fingerprint density at radius 3 is 2.53 bits per heavy atom. The topological polar surface area (TPSA) is 49.8 Å². The zero-order valence-corrected chi connectivity index (χ0v) is 11.5. The highest BCUT2D eigenvalue weighted by Gasteiger charge is 2.35. The lowest BCUT2D eigenvalue weighted by molar-refractivity contribution is -0.146. The molecule has 1 aromatic carbocycles. The summed E-state index contributed by atoms with van der Waals surface area (Å²) in [5.74, 6) is 0.219. The summed E-state index contributed by atoms with van der Waals surface area (Å²) in [6, 6.07) is 7.93. The molecular weight excluding hydrogens is 242 g/mol. The molecule has 0 amide bonds. The van der Waals surface area contributed by atoms with Crippen LogP contribution in [0.2, 0.25) is 0 Å². The highest BCUT2D eigenvalue weighted by Crippen LogP contribution is 2.25. The van der Waals surface area contributed by atoms with Gasteiger partial charge in [-0.25, -0.2) is 0 Å². The molecule has 1 aliphatic heterocycles. The summed E-state index contributed by atoms with van der Waals surface area (Å²) in [5, 5.41) is 9.01. The Balaban J connectivity index is 1.95. The summed E-state index contributed by atoms with van der Waals surface area (Å²) in [4.78, 5) is 13.9. The predicted molar refractivity (Wildman–Crippen MR) is 72.3 cm³/mol. The minimum absolute atomic E-state index is 0.0123. The first kappa shape index (κ1) is 14.0. The Hall–Kier alpha value is -1.39. The number of benzene rings is 1. The van der Waals surface area contributed by atoms with Crippen molar-refractivity contribution >= 4 is 5.97 Å². The second kappa shape index (κ2) is 6.17. The zero-order valence-electron chi connectivity index (χ0n) is 11.5. The monoisotopic (exact) mass is 263 g/mol. The standard InChI is InChI=1S/C15H21NO3/c1-11-7-16(9-14(11)15(18)19-2)8-12-3-5-13(10-17)6-4-12/h3-6,11,14,17H,7-10H2,1-2H3. The van der Waals surface area contributed by atoms with Gasteiger partial charge >= 0.3 is 5.97 Å². The fourth-order valence-corrected chi connectivity index (χ4v) is 2.66. The SMILES string of the molecule is COC(=O)C1CN(Cc2ccc(CO)cc2)CC1C. The van der Waals surface area contributed by atoms with E-state index in [9.17, 15) is 4.79 Å². The molecule has 0 aromatic heterocycles. The normalized spacial score (nSPS) is 23.5. The Labute approximate surface area is 114 Å². The average Bonchev–Trinajstić information content (AvgIpc) is 2.79. The molecule has 0 saturated carbocycles. The van der Waals surface area contributed by atoms with Crippen LogP contribution in [0.5, 0.6) is 0 Å². The fourth-order valence-electron chi connectivity index (χ4n) is 2.66. The highest BCUT2D eigenvalue weighted by molar-refractivity contribution is 5.73. The number of aliphatic hydroxyl groups is 1. The van der Waals surface area contributed by atoms with E-state index in [1.807, 2.05) is 24.3 Å². The number of aliphatic hydroxyl groups excluding tert-OH is 1. The van der Waals surface area contributed by atoms with Gasteiger partial charge in [-0.05, 0) is 17.0 Å². The van der Waals surface area contributed by atoms with Crippen LogP contribution in [0.3, 0.4) is 0 Å². The van der Waals surface area contributed by atoms with E-state index in [0.29, 0.717) is 5.92 Å². The average molecular weight is 263 g/mol. The first-order valence-corrected chi connectivity index (χ1v) is 6.63. The van der Waals surface area contributed by atoms with E-state index < -0.39 is 0 Å². The van der Waals surface area contributed by atoms with Crippen molar-refractivity contribution in [2.45, 2.75) is 20.1 Å². The summed E-state index contributed by atoms with van der Waals surface area (Å²) in [5.41, 5.74) is 2.13. The summed E-state index contributed by atoms with van der Waals surface area (Å²) in [6.45, 7) is 4.68. The molecule has 2 atom stereocenters. The molecule has 1 aliphatic rings. The molecular formula is C15H21NO3. The zero-order chi connectivity index (χ0) is 13.8. The van der Waals surface area contributed by atoms with Gasteiger partial charge in [0.1, 0.15) is 0 Å². The molecule has 104 valence electrons. The number of likely N-dealkylation sites (tertiary alicyclic amines) is 1. The van der Waals surface area contributed by atoms with Crippen molar-refractivity contribution in [3.05, 3.63) is 35.4 Å². The van der Waals surface area contributed by atoms with Gasteiger partial charge in [0.2, 0.25) is 0 Å². The van der Waals surface area contributed by atoms with Crippen LogP contribution in [-0.2, 0) is 22.7 Å². The molecule has 1 aromatic rings. The lowest BCUT2D eigenvalue weighted by atomic mass is 9.99. The predicted octanol–water partition coefficient (Wildman–Crippen LogP) is 1.42. The number of rotatable bonds is 4. The van der Waals surface area contributed by atoms with E-state index >= 15 is 0 Å². The number of ether oxygens (including phenoxy) is 1. The van der Waals surface area contributed by atoms with Crippen molar-refractivity contribution in [3.63, 3.8) is 0 Å². The number of hydrogen-bond donors (Lipinski definition) is 1. The first-order valence-electron chi connectivity index (χ1n) is 6.63. The Morgan fingerprint density at radius 1 is 1.32 bits per heavy atom. The number of methoxy groups -OCH3 is 1.